The second kappa shape index (κ2) is 5.06. The Kier molecular flexibility index (Phi) is 5.00. The highest BCUT2D eigenvalue weighted by atomic mass is 32.2. The average Bonchev–Trinajstić information content (AvgIpc) is 2.03. The van der Waals surface area contributed by atoms with Crippen LogP contribution in [0.3, 0.4) is 0 Å². The Morgan fingerprint density at radius 2 is 1.93 bits per heavy atom. The van der Waals surface area contributed by atoms with Gasteiger partial charge in [-0.05, 0) is 12.0 Å². The van der Waals surface area contributed by atoms with Gasteiger partial charge >= 0.3 is 0 Å². The van der Waals surface area contributed by atoms with E-state index in [-0.39, 0.29) is 5.41 Å². The molecule has 0 fully saturated rings. The largest absolute Gasteiger partial charge is 0.330 e. The first-order valence-corrected chi connectivity index (χ1v) is 6.10. The summed E-state index contributed by atoms with van der Waals surface area (Å²) in [5.74, 6) is 0. The first kappa shape index (κ1) is 13.8. The number of hydrogen-bond acceptors (Lipinski definition) is 3. The van der Waals surface area contributed by atoms with Crippen LogP contribution >= 0.6 is 0 Å². The summed E-state index contributed by atoms with van der Waals surface area (Å²) >= 11 is 0. The molecule has 0 bridgehead atoms. The molecule has 5 nitrogen and oxygen atoms in total. The fraction of sp³-hybridized carbons (Fsp3) is 1.00. The van der Waals surface area contributed by atoms with E-state index < -0.39 is 10.2 Å². The molecule has 0 rings (SSSR count). The summed E-state index contributed by atoms with van der Waals surface area (Å²) in [6.45, 7) is 6.89. The van der Waals surface area contributed by atoms with E-state index in [2.05, 4.69) is 4.72 Å². The molecule has 0 aliphatic carbocycles. The minimum absolute atomic E-state index is 0.197. The summed E-state index contributed by atoms with van der Waals surface area (Å²) in [6.07, 6.45) is 0. The van der Waals surface area contributed by atoms with Crippen molar-refractivity contribution in [2.24, 2.45) is 11.1 Å². The molecule has 0 radical (unpaired) electrons. The number of nitrogens with one attached hydrogen (secondary N) is 1. The third-order valence-corrected chi connectivity index (χ3v) is 3.54. The van der Waals surface area contributed by atoms with Crippen molar-refractivity contribution in [2.45, 2.75) is 20.8 Å². The van der Waals surface area contributed by atoms with Crippen LogP contribution in [0.1, 0.15) is 20.8 Å². The highest BCUT2D eigenvalue weighted by Gasteiger charge is 2.24. The standard InChI is InChI=1S/C8H21N3O2S/c1-5-10-14(12,13)11(4)7-8(2,3)6-9/h10H,5-7,9H2,1-4H3. The Morgan fingerprint density at radius 1 is 1.43 bits per heavy atom. The van der Waals surface area contributed by atoms with E-state index in [0.717, 1.165) is 0 Å². The average molecular weight is 223 g/mol. The van der Waals surface area contributed by atoms with Crippen LogP contribution in [-0.2, 0) is 10.2 Å². The molecule has 0 aromatic rings. The second-order valence-electron chi connectivity index (χ2n) is 4.13. The molecule has 0 aromatic carbocycles. The summed E-state index contributed by atoms with van der Waals surface area (Å²) in [5, 5.41) is 0. The Balaban J connectivity index is 4.42. The highest BCUT2D eigenvalue weighted by molar-refractivity contribution is 7.87. The first-order valence-electron chi connectivity index (χ1n) is 4.66. The van der Waals surface area contributed by atoms with Crippen molar-refractivity contribution in [3.8, 4) is 0 Å². The van der Waals surface area contributed by atoms with E-state index in [1.165, 1.54) is 4.31 Å². The topological polar surface area (TPSA) is 75.4 Å². The molecule has 14 heavy (non-hydrogen) atoms. The maximum Gasteiger partial charge on any atom is 0.279 e. The molecule has 86 valence electrons. The Morgan fingerprint density at radius 3 is 2.29 bits per heavy atom. The predicted molar refractivity (Wildman–Crippen MR) is 58.1 cm³/mol. The summed E-state index contributed by atoms with van der Waals surface area (Å²) in [6, 6.07) is 0. The van der Waals surface area contributed by atoms with Crippen molar-refractivity contribution in [2.75, 3.05) is 26.7 Å². The lowest BCUT2D eigenvalue weighted by Crippen LogP contribution is -2.44. The van der Waals surface area contributed by atoms with Crippen molar-refractivity contribution in [3.05, 3.63) is 0 Å². The van der Waals surface area contributed by atoms with E-state index in [9.17, 15) is 8.42 Å². The molecular weight excluding hydrogens is 202 g/mol. The lowest BCUT2D eigenvalue weighted by Gasteiger charge is -2.28. The molecule has 0 saturated carbocycles. The molecule has 0 amide bonds. The SMILES string of the molecule is CCNS(=O)(=O)N(C)CC(C)(C)CN. The van der Waals surface area contributed by atoms with Crippen molar-refractivity contribution in [1.29, 1.82) is 0 Å². The Hall–Kier alpha value is -0.170. The molecule has 6 heteroatoms. The normalized spacial score (nSPS) is 13.6. The molecule has 0 saturated heterocycles. The lowest BCUT2D eigenvalue weighted by molar-refractivity contribution is 0.290. The Labute approximate surface area is 86.8 Å². The van der Waals surface area contributed by atoms with E-state index in [0.29, 0.717) is 19.6 Å². The third-order valence-electron chi connectivity index (χ3n) is 1.94. The fourth-order valence-corrected chi connectivity index (χ4v) is 2.15. The van der Waals surface area contributed by atoms with Gasteiger partial charge in [0.15, 0.2) is 0 Å². The van der Waals surface area contributed by atoms with Gasteiger partial charge in [0, 0.05) is 20.1 Å². The van der Waals surface area contributed by atoms with E-state index in [1.807, 2.05) is 13.8 Å². The van der Waals surface area contributed by atoms with Crippen LogP contribution in [-0.4, -0.2) is 39.4 Å². The molecule has 0 heterocycles. The molecular formula is C8H21N3O2S. The molecule has 3 N–H and O–H groups in total. The van der Waals surface area contributed by atoms with Crippen LogP contribution in [0.4, 0.5) is 0 Å². The molecule has 0 aromatic heterocycles. The van der Waals surface area contributed by atoms with Crippen LogP contribution in [0.15, 0.2) is 0 Å². The maximum atomic E-state index is 11.5. The van der Waals surface area contributed by atoms with Crippen LogP contribution in [0, 0.1) is 5.41 Å². The minimum atomic E-state index is -3.33. The van der Waals surface area contributed by atoms with Crippen molar-refractivity contribution in [3.63, 3.8) is 0 Å². The van der Waals surface area contributed by atoms with Crippen LogP contribution in [0.25, 0.3) is 0 Å². The molecule has 0 unspecified atom stereocenters. The van der Waals surface area contributed by atoms with Gasteiger partial charge in [-0.15, -0.1) is 0 Å². The summed E-state index contributed by atoms with van der Waals surface area (Å²) in [4.78, 5) is 0. The number of hydrogen-bond donors (Lipinski definition) is 2. The summed E-state index contributed by atoms with van der Waals surface area (Å²) in [5.41, 5.74) is 5.33. The van der Waals surface area contributed by atoms with Gasteiger partial charge in [-0.25, -0.2) is 4.72 Å². The smallest absolute Gasteiger partial charge is 0.279 e. The van der Waals surface area contributed by atoms with Gasteiger partial charge in [-0.3, -0.25) is 0 Å². The van der Waals surface area contributed by atoms with Crippen LogP contribution in [0.5, 0.6) is 0 Å². The van der Waals surface area contributed by atoms with E-state index >= 15 is 0 Å². The number of nitrogens with zero attached hydrogens (tertiary/aromatic N) is 1. The third kappa shape index (κ3) is 4.36. The fourth-order valence-electron chi connectivity index (χ4n) is 1.04. The van der Waals surface area contributed by atoms with Gasteiger partial charge in [-0.1, -0.05) is 20.8 Å². The van der Waals surface area contributed by atoms with Gasteiger partial charge in [0.05, 0.1) is 0 Å². The predicted octanol–water partition coefficient (Wildman–Crippen LogP) is -0.243. The van der Waals surface area contributed by atoms with Crippen molar-refractivity contribution < 1.29 is 8.42 Å². The number of nitrogens with two attached hydrogens (primary N) is 1. The summed E-state index contributed by atoms with van der Waals surface area (Å²) < 4.78 is 26.7. The quantitative estimate of drug-likeness (QED) is 0.652. The van der Waals surface area contributed by atoms with Crippen molar-refractivity contribution >= 4 is 10.2 Å². The van der Waals surface area contributed by atoms with Gasteiger partial charge < -0.3 is 5.73 Å². The van der Waals surface area contributed by atoms with E-state index in [4.69, 9.17) is 5.73 Å². The van der Waals surface area contributed by atoms with Crippen LogP contribution in [0.2, 0.25) is 0 Å². The van der Waals surface area contributed by atoms with Crippen molar-refractivity contribution in [1.82, 2.24) is 9.03 Å². The Bertz CT molecular complexity index is 262. The summed E-state index contributed by atoms with van der Waals surface area (Å²) in [7, 11) is -1.77. The molecule has 0 atom stereocenters. The first-order chi connectivity index (χ1) is 6.25. The van der Waals surface area contributed by atoms with Gasteiger partial charge in [0.1, 0.15) is 0 Å². The van der Waals surface area contributed by atoms with E-state index in [1.54, 1.807) is 14.0 Å². The van der Waals surface area contributed by atoms with Crippen LogP contribution < -0.4 is 10.5 Å². The van der Waals surface area contributed by atoms with Gasteiger partial charge in [0.25, 0.3) is 10.2 Å². The highest BCUT2D eigenvalue weighted by Crippen LogP contribution is 2.15. The second-order valence-corrected chi connectivity index (χ2v) is 5.99. The monoisotopic (exact) mass is 223 g/mol. The maximum absolute atomic E-state index is 11.5. The number of rotatable bonds is 6. The molecule has 0 aliphatic heterocycles. The zero-order valence-corrected chi connectivity index (χ0v) is 10.2. The molecule has 0 spiro atoms. The minimum Gasteiger partial charge on any atom is -0.330 e. The van der Waals surface area contributed by atoms with Gasteiger partial charge in [0.2, 0.25) is 0 Å². The zero-order chi connectivity index (χ0) is 11.4. The molecule has 0 aliphatic rings. The van der Waals surface area contributed by atoms with Gasteiger partial charge in [-0.2, -0.15) is 12.7 Å². The zero-order valence-electron chi connectivity index (χ0n) is 9.37. The lowest BCUT2D eigenvalue weighted by atomic mass is 9.94.